The molecular formula is C19H31NO. The number of rotatable bonds is 7. The summed E-state index contributed by atoms with van der Waals surface area (Å²) in [6.45, 7) is 6.41. The molecule has 118 valence electrons. The fourth-order valence-electron chi connectivity index (χ4n) is 3.92. The molecule has 0 saturated carbocycles. The van der Waals surface area contributed by atoms with Crippen LogP contribution in [0.5, 0.6) is 0 Å². The Balaban J connectivity index is 2.29. The van der Waals surface area contributed by atoms with Crippen LogP contribution in [0.1, 0.15) is 51.5 Å². The smallest absolute Gasteiger partial charge is 0.0475 e. The van der Waals surface area contributed by atoms with E-state index < -0.39 is 0 Å². The van der Waals surface area contributed by atoms with Gasteiger partial charge in [0.15, 0.2) is 0 Å². The van der Waals surface area contributed by atoms with Crippen LogP contribution in [0, 0.1) is 5.92 Å². The van der Waals surface area contributed by atoms with E-state index >= 15 is 0 Å². The first-order valence-corrected chi connectivity index (χ1v) is 8.57. The first-order valence-electron chi connectivity index (χ1n) is 8.57. The molecule has 0 aromatic heterocycles. The third-order valence-corrected chi connectivity index (χ3v) is 5.47. The van der Waals surface area contributed by atoms with Crippen LogP contribution in [0.3, 0.4) is 0 Å². The van der Waals surface area contributed by atoms with E-state index in [0.717, 1.165) is 32.0 Å². The van der Waals surface area contributed by atoms with E-state index in [1.807, 2.05) is 0 Å². The standard InChI is InChI=1S/C19H31NO/c1-4-16(5-2)15-18(20-3)19(11-13-21-14-12-19)17-9-7-6-8-10-17/h6-10,16,18,20H,4-5,11-15H2,1-3H3. The SMILES string of the molecule is CCC(CC)CC(NC)C1(c2ccccc2)CCOCC1. The molecule has 1 unspecified atom stereocenters. The van der Waals surface area contributed by atoms with E-state index in [-0.39, 0.29) is 5.41 Å². The predicted octanol–water partition coefficient (Wildman–Crippen LogP) is 4.15. The molecule has 1 aliphatic heterocycles. The van der Waals surface area contributed by atoms with Gasteiger partial charge < -0.3 is 10.1 Å². The summed E-state index contributed by atoms with van der Waals surface area (Å²) >= 11 is 0. The third-order valence-electron chi connectivity index (χ3n) is 5.47. The molecule has 1 aromatic carbocycles. The highest BCUT2D eigenvalue weighted by molar-refractivity contribution is 5.28. The average Bonchev–Trinajstić information content (AvgIpc) is 2.57. The summed E-state index contributed by atoms with van der Waals surface area (Å²) in [7, 11) is 2.13. The second-order valence-corrected chi connectivity index (χ2v) is 6.39. The maximum Gasteiger partial charge on any atom is 0.0475 e. The third kappa shape index (κ3) is 3.67. The minimum atomic E-state index is 0.233. The van der Waals surface area contributed by atoms with Gasteiger partial charge in [0.25, 0.3) is 0 Å². The van der Waals surface area contributed by atoms with Gasteiger partial charge in [-0.1, -0.05) is 57.0 Å². The largest absolute Gasteiger partial charge is 0.381 e. The van der Waals surface area contributed by atoms with Crippen molar-refractivity contribution >= 4 is 0 Å². The number of ether oxygens (including phenoxy) is 1. The van der Waals surface area contributed by atoms with Crippen molar-refractivity contribution in [2.24, 2.45) is 5.92 Å². The summed E-state index contributed by atoms with van der Waals surface area (Å²) in [6, 6.07) is 11.6. The zero-order valence-corrected chi connectivity index (χ0v) is 13.9. The summed E-state index contributed by atoms with van der Waals surface area (Å²) in [4.78, 5) is 0. The van der Waals surface area contributed by atoms with Crippen molar-refractivity contribution in [1.82, 2.24) is 5.32 Å². The van der Waals surface area contributed by atoms with Gasteiger partial charge in [0.1, 0.15) is 0 Å². The van der Waals surface area contributed by atoms with Crippen molar-refractivity contribution in [3.8, 4) is 0 Å². The summed E-state index contributed by atoms with van der Waals surface area (Å²) < 4.78 is 5.67. The number of benzene rings is 1. The van der Waals surface area contributed by atoms with E-state index in [9.17, 15) is 0 Å². The number of hydrogen-bond acceptors (Lipinski definition) is 2. The number of hydrogen-bond donors (Lipinski definition) is 1. The van der Waals surface area contributed by atoms with Crippen molar-refractivity contribution < 1.29 is 4.74 Å². The molecule has 1 aliphatic rings. The van der Waals surface area contributed by atoms with E-state index in [0.29, 0.717) is 6.04 Å². The van der Waals surface area contributed by atoms with Crippen molar-refractivity contribution in [2.45, 2.75) is 57.4 Å². The van der Waals surface area contributed by atoms with Crippen molar-refractivity contribution in [2.75, 3.05) is 20.3 Å². The van der Waals surface area contributed by atoms with E-state index in [1.165, 1.54) is 24.8 Å². The molecular weight excluding hydrogens is 258 g/mol. The average molecular weight is 289 g/mol. The molecule has 1 fully saturated rings. The van der Waals surface area contributed by atoms with Crippen LogP contribution >= 0.6 is 0 Å². The molecule has 1 aromatic rings. The van der Waals surface area contributed by atoms with Gasteiger partial charge in [0, 0.05) is 24.7 Å². The Labute approximate surface area is 130 Å². The van der Waals surface area contributed by atoms with Crippen LogP contribution in [0.25, 0.3) is 0 Å². The molecule has 1 N–H and O–H groups in total. The zero-order valence-electron chi connectivity index (χ0n) is 13.9. The van der Waals surface area contributed by atoms with Crippen LogP contribution in [0.4, 0.5) is 0 Å². The van der Waals surface area contributed by atoms with E-state index in [1.54, 1.807) is 0 Å². The Morgan fingerprint density at radius 1 is 1.10 bits per heavy atom. The Morgan fingerprint density at radius 2 is 1.71 bits per heavy atom. The van der Waals surface area contributed by atoms with Crippen molar-refractivity contribution in [1.29, 1.82) is 0 Å². The van der Waals surface area contributed by atoms with E-state index in [4.69, 9.17) is 4.74 Å². The Hall–Kier alpha value is -0.860. The van der Waals surface area contributed by atoms with E-state index in [2.05, 4.69) is 56.5 Å². The minimum absolute atomic E-state index is 0.233. The van der Waals surface area contributed by atoms with Gasteiger partial charge in [0.2, 0.25) is 0 Å². The lowest BCUT2D eigenvalue weighted by molar-refractivity contribution is 0.0312. The van der Waals surface area contributed by atoms with Gasteiger partial charge in [-0.15, -0.1) is 0 Å². The molecule has 1 atom stereocenters. The highest BCUT2D eigenvalue weighted by atomic mass is 16.5. The topological polar surface area (TPSA) is 21.3 Å². The maximum absolute atomic E-state index is 5.67. The number of nitrogens with one attached hydrogen (secondary N) is 1. The molecule has 1 heterocycles. The molecule has 2 heteroatoms. The van der Waals surface area contributed by atoms with Gasteiger partial charge in [-0.25, -0.2) is 0 Å². The highest BCUT2D eigenvalue weighted by Crippen LogP contribution is 2.40. The lowest BCUT2D eigenvalue weighted by Crippen LogP contribution is -2.51. The first kappa shape index (κ1) is 16.5. The van der Waals surface area contributed by atoms with Gasteiger partial charge in [-0.05, 0) is 37.8 Å². The van der Waals surface area contributed by atoms with Gasteiger partial charge in [-0.2, -0.15) is 0 Å². The molecule has 2 nitrogen and oxygen atoms in total. The molecule has 0 amide bonds. The van der Waals surface area contributed by atoms with Gasteiger partial charge in [-0.3, -0.25) is 0 Å². The highest BCUT2D eigenvalue weighted by Gasteiger charge is 2.41. The maximum atomic E-state index is 5.67. The number of likely N-dealkylation sites (N-methyl/N-ethyl adjacent to an activating group) is 1. The molecule has 0 radical (unpaired) electrons. The predicted molar refractivity (Wildman–Crippen MR) is 89.7 cm³/mol. The van der Waals surface area contributed by atoms with Crippen molar-refractivity contribution in [3.63, 3.8) is 0 Å². The molecule has 0 spiro atoms. The Morgan fingerprint density at radius 3 is 2.24 bits per heavy atom. The summed E-state index contributed by atoms with van der Waals surface area (Å²) in [5.41, 5.74) is 1.72. The van der Waals surface area contributed by atoms with Crippen LogP contribution in [0.2, 0.25) is 0 Å². The van der Waals surface area contributed by atoms with Crippen LogP contribution in [-0.2, 0) is 10.2 Å². The lowest BCUT2D eigenvalue weighted by atomic mass is 9.66. The first-order chi connectivity index (χ1) is 10.3. The Bertz CT molecular complexity index is 393. The van der Waals surface area contributed by atoms with Crippen molar-refractivity contribution in [3.05, 3.63) is 35.9 Å². The molecule has 2 rings (SSSR count). The summed E-state index contributed by atoms with van der Waals surface area (Å²) in [5.74, 6) is 0.811. The van der Waals surface area contributed by atoms with Crippen LogP contribution < -0.4 is 5.32 Å². The van der Waals surface area contributed by atoms with Crippen LogP contribution in [0.15, 0.2) is 30.3 Å². The fraction of sp³-hybridized carbons (Fsp3) is 0.684. The van der Waals surface area contributed by atoms with Gasteiger partial charge >= 0.3 is 0 Å². The molecule has 21 heavy (non-hydrogen) atoms. The quantitative estimate of drug-likeness (QED) is 0.814. The molecule has 0 aliphatic carbocycles. The van der Waals surface area contributed by atoms with Crippen LogP contribution in [-0.4, -0.2) is 26.3 Å². The fourth-order valence-corrected chi connectivity index (χ4v) is 3.92. The monoisotopic (exact) mass is 289 g/mol. The molecule has 0 bridgehead atoms. The second-order valence-electron chi connectivity index (χ2n) is 6.39. The summed E-state index contributed by atoms with van der Waals surface area (Å²) in [6.07, 6.45) is 6.07. The van der Waals surface area contributed by atoms with Gasteiger partial charge in [0.05, 0.1) is 0 Å². The summed E-state index contributed by atoms with van der Waals surface area (Å²) in [5, 5.41) is 3.65. The molecule has 1 saturated heterocycles. The minimum Gasteiger partial charge on any atom is -0.381 e. The lowest BCUT2D eigenvalue weighted by Gasteiger charge is -2.45. The zero-order chi connectivity index (χ0) is 15.1. The normalized spacial score (nSPS) is 19.6. The Kier molecular flexibility index (Phi) is 6.25. The second kappa shape index (κ2) is 7.95.